The van der Waals surface area contributed by atoms with Crippen molar-refractivity contribution in [1.82, 2.24) is 0 Å². The Labute approximate surface area is 131 Å². The molecule has 20 heavy (non-hydrogen) atoms. The summed E-state index contributed by atoms with van der Waals surface area (Å²) in [6.07, 6.45) is 0.624. The molecule has 2 aromatic carbocycles. The van der Waals surface area contributed by atoms with Crippen molar-refractivity contribution in [3.8, 4) is 0 Å². The summed E-state index contributed by atoms with van der Waals surface area (Å²) in [7, 11) is -1.29. The van der Waals surface area contributed by atoms with Crippen LogP contribution in [-0.2, 0) is 10.8 Å². The fourth-order valence-corrected chi connectivity index (χ4v) is 4.15. The summed E-state index contributed by atoms with van der Waals surface area (Å²) in [5.41, 5.74) is 6.65. The standard InChI is InChI=1S/C15H15Cl2NOS/c16-12-6-7-13(17)15(10-12)20(19)14(8-9-18)11-4-2-1-3-5-11/h1-7,10,14H,8-9,18H2. The van der Waals surface area contributed by atoms with Gasteiger partial charge >= 0.3 is 0 Å². The highest BCUT2D eigenvalue weighted by atomic mass is 35.5. The third kappa shape index (κ3) is 3.61. The zero-order chi connectivity index (χ0) is 14.5. The summed E-state index contributed by atoms with van der Waals surface area (Å²) in [6, 6.07) is 14.7. The number of hydrogen-bond donors (Lipinski definition) is 1. The zero-order valence-corrected chi connectivity index (χ0v) is 13.1. The second kappa shape index (κ2) is 7.23. The molecule has 2 aromatic rings. The van der Waals surface area contributed by atoms with Gasteiger partial charge in [0, 0.05) is 5.02 Å². The number of hydrogen-bond acceptors (Lipinski definition) is 2. The molecule has 2 unspecified atom stereocenters. The smallest absolute Gasteiger partial charge is 0.0656 e. The van der Waals surface area contributed by atoms with E-state index in [9.17, 15) is 4.21 Å². The van der Waals surface area contributed by atoms with Crippen LogP contribution < -0.4 is 5.73 Å². The van der Waals surface area contributed by atoms with E-state index in [1.165, 1.54) is 0 Å². The van der Waals surface area contributed by atoms with Crippen molar-refractivity contribution in [1.29, 1.82) is 0 Å². The summed E-state index contributed by atoms with van der Waals surface area (Å²) in [5.74, 6) is 0. The second-order valence-electron chi connectivity index (χ2n) is 4.35. The van der Waals surface area contributed by atoms with Crippen molar-refractivity contribution < 1.29 is 4.21 Å². The van der Waals surface area contributed by atoms with Crippen LogP contribution in [0.4, 0.5) is 0 Å². The SMILES string of the molecule is NCCC(c1ccccc1)S(=O)c1cc(Cl)ccc1Cl. The van der Waals surface area contributed by atoms with Crippen LogP contribution in [-0.4, -0.2) is 10.8 Å². The average Bonchev–Trinajstić information content (AvgIpc) is 2.47. The van der Waals surface area contributed by atoms with Crippen molar-refractivity contribution in [3.05, 3.63) is 64.1 Å². The highest BCUT2D eigenvalue weighted by Gasteiger charge is 2.22. The first-order valence-electron chi connectivity index (χ1n) is 6.24. The van der Waals surface area contributed by atoms with E-state index in [0.29, 0.717) is 27.9 Å². The minimum Gasteiger partial charge on any atom is -0.330 e. The quantitative estimate of drug-likeness (QED) is 0.894. The molecular weight excluding hydrogens is 313 g/mol. The predicted molar refractivity (Wildman–Crippen MR) is 85.7 cm³/mol. The molecule has 5 heteroatoms. The van der Waals surface area contributed by atoms with E-state index in [1.807, 2.05) is 30.3 Å². The van der Waals surface area contributed by atoms with Gasteiger partial charge in [0.05, 0.1) is 26.0 Å². The number of nitrogens with two attached hydrogens (primary N) is 1. The van der Waals surface area contributed by atoms with Gasteiger partial charge in [-0.15, -0.1) is 0 Å². The van der Waals surface area contributed by atoms with Gasteiger partial charge in [0.1, 0.15) is 0 Å². The maximum Gasteiger partial charge on any atom is 0.0656 e. The molecule has 2 N–H and O–H groups in total. The molecule has 2 nitrogen and oxygen atoms in total. The van der Waals surface area contributed by atoms with Gasteiger partial charge in [0.2, 0.25) is 0 Å². The fourth-order valence-electron chi connectivity index (χ4n) is 2.00. The summed E-state index contributed by atoms with van der Waals surface area (Å²) in [5, 5.41) is 0.806. The minimum absolute atomic E-state index is 0.183. The van der Waals surface area contributed by atoms with Crippen LogP contribution in [0.1, 0.15) is 17.2 Å². The molecule has 0 fully saturated rings. The van der Waals surface area contributed by atoms with Gasteiger partial charge in [0.25, 0.3) is 0 Å². The van der Waals surface area contributed by atoms with Gasteiger partial charge in [-0.25, -0.2) is 0 Å². The van der Waals surface area contributed by atoms with Crippen LogP contribution in [0, 0.1) is 0 Å². The predicted octanol–water partition coefficient (Wildman–Crippen LogP) is 4.19. The molecule has 2 atom stereocenters. The van der Waals surface area contributed by atoms with E-state index in [-0.39, 0.29) is 5.25 Å². The average molecular weight is 328 g/mol. The topological polar surface area (TPSA) is 43.1 Å². The Bertz CT molecular complexity index is 604. The van der Waals surface area contributed by atoms with Gasteiger partial charge in [-0.05, 0) is 36.7 Å². The lowest BCUT2D eigenvalue weighted by Crippen LogP contribution is -2.13. The largest absolute Gasteiger partial charge is 0.330 e. The van der Waals surface area contributed by atoms with Crippen LogP contribution >= 0.6 is 23.2 Å². The number of benzene rings is 2. The van der Waals surface area contributed by atoms with Gasteiger partial charge in [-0.3, -0.25) is 4.21 Å². The lowest BCUT2D eigenvalue weighted by molar-refractivity contribution is 0.664. The molecule has 0 aliphatic heterocycles. The molecule has 0 aromatic heterocycles. The minimum atomic E-state index is -1.29. The van der Waals surface area contributed by atoms with E-state index >= 15 is 0 Å². The Hall–Kier alpha value is -0.870. The van der Waals surface area contributed by atoms with Crippen molar-refractivity contribution in [2.24, 2.45) is 5.73 Å². The fraction of sp³-hybridized carbons (Fsp3) is 0.200. The number of rotatable bonds is 5. The second-order valence-corrected chi connectivity index (χ2v) is 6.80. The summed E-state index contributed by atoms with van der Waals surface area (Å²) < 4.78 is 12.8. The molecule has 0 aliphatic rings. The van der Waals surface area contributed by atoms with Crippen LogP contribution in [0.5, 0.6) is 0 Å². The van der Waals surface area contributed by atoms with E-state index in [1.54, 1.807) is 18.2 Å². The Kier molecular flexibility index (Phi) is 5.61. The molecule has 0 heterocycles. The van der Waals surface area contributed by atoms with Crippen molar-refractivity contribution in [2.45, 2.75) is 16.6 Å². The maximum absolute atomic E-state index is 12.8. The van der Waals surface area contributed by atoms with Crippen LogP contribution in [0.2, 0.25) is 10.0 Å². The van der Waals surface area contributed by atoms with Gasteiger partial charge < -0.3 is 5.73 Å². The van der Waals surface area contributed by atoms with Crippen molar-refractivity contribution in [3.63, 3.8) is 0 Å². The summed E-state index contributed by atoms with van der Waals surface area (Å²) in [4.78, 5) is 0.557. The molecule has 0 saturated carbocycles. The van der Waals surface area contributed by atoms with E-state index in [2.05, 4.69) is 0 Å². The van der Waals surface area contributed by atoms with E-state index < -0.39 is 10.8 Å². The third-order valence-corrected chi connectivity index (χ3v) is 5.44. The highest BCUT2D eigenvalue weighted by molar-refractivity contribution is 7.85. The van der Waals surface area contributed by atoms with Crippen molar-refractivity contribution in [2.75, 3.05) is 6.54 Å². The molecule has 106 valence electrons. The molecule has 0 radical (unpaired) electrons. The van der Waals surface area contributed by atoms with Crippen LogP contribution in [0.3, 0.4) is 0 Å². The molecule has 0 saturated heterocycles. The molecule has 0 bridgehead atoms. The monoisotopic (exact) mass is 327 g/mol. The summed E-state index contributed by atoms with van der Waals surface area (Å²) in [6.45, 7) is 0.462. The molecule has 0 aliphatic carbocycles. The van der Waals surface area contributed by atoms with E-state index in [0.717, 1.165) is 5.56 Å². The Balaban J connectivity index is 2.39. The van der Waals surface area contributed by atoms with Crippen molar-refractivity contribution >= 4 is 34.0 Å². The lowest BCUT2D eigenvalue weighted by Gasteiger charge is -2.17. The van der Waals surface area contributed by atoms with Gasteiger partial charge in [-0.2, -0.15) is 0 Å². The Morgan fingerprint density at radius 2 is 1.80 bits per heavy atom. The Morgan fingerprint density at radius 1 is 1.10 bits per heavy atom. The maximum atomic E-state index is 12.8. The lowest BCUT2D eigenvalue weighted by atomic mass is 10.1. The van der Waals surface area contributed by atoms with Crippen LogP contribution in [0.25, 0.3) is 0 Å². The first-order chi connectivity index (χ1) is 9.63. The molecular formula is C15H15Cl2NOS. The zero-order valence-electron chi connectivity index (χ0n) is 10.8. The van der Waals surface area contributed by atoms with E-state index in [4.69, 9.17) is 28.9 Å². The van der Waals surface area contributed by atoms with Gasteiger partial charge in [-0.1, -0.05) is 53.5 Å². The Morgan fingerprint density at radius 3 is 2.45 bits per heavy atom. The van der Waals surface area contributed by atoms with Gasteiger partial charge in [0.15, 0.2) is 0 Å². The number of halogens is 2. The molecule has 2 rings (SSSR count). The third-order valence-electron chi connectivity index (χ3n) is 2.97. The highest BCUT2D eigenvalue weighted by Crippen LogP contribution is 2.33. The summed E-state index contributed by atoms with van der Waals surface area (Å²) >= 11 is 12.1. The molecule has 0 spiro atoms. The molecule has 0 amide bonds. The first-order valence-corrected chi connectivity index (χ1v) is 8.21. The first kappa shape index (κ1) is 15.5. The van der Waals surface area contributed by atoms with Crippen LogP contribution in [0.15, 0.2) is 53.4 Å². The normalized spacial score (nSPS) is 13.9.